The molecule has 20 heavy (non-hydrogen) atoms. The van der Waals surface area contributed by atoms with Gasteiger partial charge in [-0.15, -0.1) is 0 Å². The number of amides is 1. The van der Waals surface area contributed by atoms with Crippen molar-refractivity contribution in [2.24, 2.45) is 0 Å². The maximum Gasteiger partial charge on any atom is 0.251 e. The van der Waals surface area contributed by atoms with Crippen molar-refractivity contribution in [2.45, 2.75) is 0 Å². The Kier molecular flexibility index (Phi) is 3.84. The minimum atomic E-state index is -0.749. The van der Waals surface area contributed by atoms with Crippen LogP contribution in [0.4, 0.5) is 14.5 Å². The number of carbonyl (C=O) groups excluding carboxylic acids is 1. The number of ether oxygens (including phenoxy) is 1. The first-order valence-electron chi connectivity index (χ1n) is 5.75. The van der Waals surface area contributed by atoms with Gasteiger partial charge >= 0.3 is 0 Å². The number of rotatable bonds is 3. The highest BCUT2D eigenvalue weighted by Crippen LogP contribution is 2.29. The first kappa shape index (κ1) is 13.8. The number of nitrogens with two attached hydrogens (primary N) is 1. The van der Waals surface area contributed by atoms with Crippen molar-refractivity contribution in [3.8, 4) is 11.5 Å². The Bertz CT molecular complexity index is 639. The van der Waals surface area contributed by atoms with E-state index in [0.717, 1.165) is 18.2 Å². The van der Waals surface area contributed by atoms with Crippen LogP contribution in [0.2, 0.25) is 0 Å². The highest BCUT2D eigenvalue weighted by Gasteiger charge is 2.09. The number of halogens is 2. The Balaban J connectivity index is 2.27. The van der Waals surface area contributed by atoms with E-state index >= 15 is 0 Å². The fourth-order valence-corrected chi connectivity index (χ4v) is 1.64. The standard InChI is InChI=1S/C14H12F2N2O2/c1-18-14(19)8-2-3-13(12(17)4-8)20-11-6-9(15)5-10(16)7-11/h2-7H,17H2,1H3,(H,18,19). The van der Waals surface area contributed by atoms with Crippen LogP contribution in [0.3, 0.4) is 0 Å². The topological polar surface area (TPSA) is 64.3 Å². The fraction of sp³-hybridized carbons (Fsp3) is 0.0714. The maximum atomic E-state index is 13.0. The van der Waals surface area contributed by atoms with E-state index in [2.05, 4.69) is 5.32 Å². The average molecular weight is 278 g/mol. The van der Waals surface area contributed by atoms with Gasteiger partial charge in [-0.25, -0.2) is 8.78 Å². The Morgan fingerprint density at radius 1 is 1.15 bits per heavy atom. The third-order valence-corrected chi connectivity index (χ3v) is 2.56. The molecule has 0 heterocycles. The van der Waals surface area contributed by atoms with Gasteiger partial charge in [-0.2, -0.15) is 0 Å². The molecule has 3 N–H and O–H groups in total. The van der Waals surface area contributed by atoms with Crippen molar-refractivity contribution in [3.63, 3.8) is 0 Å². The summed E-state index contributed by atoms with van der Waals surface area (Å²) < 4.78 is 31.4. The highest BCUT2D eigenvalue weighted by atomic mass is 19.1. The molecule has 2 aromatic rings. The molecule has 2 rings (SSSR count). The lowest BCUT2D eigenvalue weighted by atomic mass is 10.2. The number of nitrogen functional groups attached to an aromatic ring is 1. The molecule has 0 aliphatic rings. The zero-order valence-corrected chi connectivity index (χ0v) is 10.6. The molecule has 0 saturated heterocycles. The lowest BCUT2D eigenvalue weighted by Crippen LogP contribution is -2.17. The van der Waals surface area contributed by atoms with Crippen molar-refractivity contribution in [3.05, 3.63) is 53.6 Å². The second-order valence-corrected chi connectivity index (χ2v) is 4.04. The minimum absolute atomic E-state index is 0.0121. The van der Waals surface area contributed by atoms with Crippen molar-refractivity contribution in [1.82, 2.24) is 5.32 Å². The SMILES string of the molecule is CNC(=O)c1ccc(Oc2cc(F)cc(F)c2)c(N)c1. The van der Waals surface area contributed by atoms with E-state index in [1.807, 2.05) is 0 Å². The number of hydrogen-bond donors (Lipinski definition) is 2. The lowest BCUT2D eigenvalue weighted by molar-refractivity contribution is 0.0963. The summed E-state index contributed by atoms with van der Waals surface area (Å²) in [6.45, 7) is 0. The van der Waals surface area contributed by atoms with E-state index in [1.54, 1.807) is 0 Å². The molecule has 104 valence electrons. The summed E-state index contributed by atoms with van der Waals surface area (Å²) in [5.74, 6) is -1.59. The summed E-state index contributed by atoms with van der Waals surface area (Å²) in [7, 11) is 1.50. The zero-order valence-electron chi connectivity index (χ0n) is 10.6. The molecule has 0 unspecified atom stereocenters. The summed E-state index contributed by atoms with van der Waals surface area (Å²) in [5, 5.41) is 2.46. The predicted molar refractivity (Wildman–Crippen MR) is 70.7 cm³/mol. The van der Waals surface area contributed by atoms with Crippen LogP contribution in [0.5, 0.6) is 11.5 Å². The van der Waals surface area contributed by atoms with E-state index in [9.17, 15) is 13.6 Å². The van der Waals surface area contributed by atoms with Gasteiger partial charge in [0.05, 0.1) is 5.69 Å². The van der Waals surface area contributed by atoms with Crippen LogP contribution < -0.4 is 15.8 Å². The van der Waals surface area contributed by atoms with E-state index in [4.69, 9.17) is 10.5 Å². The van der Waals surface area contributed by atoms with Crippen LogP contribution in [0.25, 0.3) is 0 Å². The first-order chi connectivity index (χ1) is 9.49. The molecule has 2 aromatic carbocycles. The van der Waals surface area contributed by atoms with Crippen LogP contribution in [0.1, 0.15) is 10.4 Å². The molecule has 0 spiro atoms. The largest absolute Gasteiger partial charge is 0.455 e. The monoisotopic (exact) mass is 278 g/mol. The fourth-order valence-electron chi connectivity index (χ4n) is 1.64. The van der Waals surface area contributed by atoms with Gasteiger partial charge in [-0.3, -0.25) is 4.79 Å². The van der Waals surface area contributed by atoms with Gasteiger partial charge in [0.25, 0.3) is 5.91 Å². The van der Waals surface area contributed by atoms with Crippen LogP contribution >= 0.6 is 0 Å². The van der Waals surface area contributed by atoms with Crippen molar-refractivity contribution in [1.29, 1.82) is 0 Å². The second kappa shape index (κ2) is 5.56. The molecule has 0 fully saturated rings. The zero-order chi connectivity index (χ0) is 14.7. The molecule has 0 aliphatic carbocycles. The number of nitrogens with one attached hydrogen (secondary N) is 1. The lowest BCUT2D eigenvalue weighted by Gasteiger charge is -2.10. The Morgan fingerprint density at radius 3 is 2.35 bits per heavy atom. The molecule has 1 amide bonds. The van der Waals surface area contributed by atoms with Gasteiger partial charge in [0.2, 0.25) is 0 Å². The van der Waals surface area contributed by atoms with Crippen LogP contribution in [0.15, 0.2) is 36.4 Å². The first-order valence-corrected chi connectivity index (χ1v) is 5.75. The Hall–Kier alpha value is -2.63. The second-order valence-electron chi connectivity index (χ2n) is 4.04. The van der Waals surface area contributed by atoms with Crippen molar-refractivity contribution >= 4 is 11.6 Å². The average Bonchev–Trinajstić information content (AvgIpc) is 2.39. The minimum Gasteiger partial charge on any atom is -0.455 e. The van der Waals surface area contributed by atoms with E-state index < -0.39 is 11.6 Å². The number of benzene rings is 2. The highest BCUT2D eigenvalue weighted by molar-refractivity contribution is 5.95. The van der Waals surface area contributed by atoms with Crippen LogP contribution in [-0.2, 0) is 0 Å². The van der Waals surface area contributed by atoms with Gasteiger partial charge in [0.1, 0.15) is 23.1 Å². The van der Waals surface area contributed by atoms with E-state index in [0.29, 0.717) is 5.56 Å². The molecule has 4 nitrogen and oxygen atoms in total. The molecular formula is C14H12F2N2O2. The Morgan fingerprint density at radius 2 is 1.80 bits per heavy atom. The van der Waals surface area contributed by atoms with Gasteiger partial charge in [0.15, 0.2) is 0 Å². The Labute approximate surface area is 114 Å². The summed E-state index contributed by atoms with van der Waals surface area (Å²) in [4.78, 5) is 11.4. The quantitative estimate of drug-likeness (QED) is 0.848. The maximum absolute atomic E-state index is 13.0. The number of hydrogen-bond acceptors (Lipinski definition) is 3. The summed E-state index contributed by atoms with van der Waals surface area (Å²) in [6.07, 6.45) is 0. The normalized spacial score (nSPS) is 10.2. The summed E-state index contributed by atoms with van der Waals surface area (Å²) >= 11 is 0. The van der Waals surface area contributed by atoms with Crippen molar-refractivity contribution in [2.75, 3.05) is 12.8 Å². The number of carbonyl (C=O) groups is 1. The molecule has 6 heteroatoms. The van der Waals surface area contributed by atoms with Crippen molar-refractivity contribution < 1.29 is 18.3 Å². The van der Waals surface area contributed by atoms with Gasteiger partial charge in [-0.05, 0) is 18.2 Å². The number of anilines is 1. The van der Waals surface area contributed by atoms with Crippen LogP contribution in [0, 0.1) is 11.6 Å². The van der Waals surface area contributed by atoms with Gasteiger partial charge in [0, 0.05) is 30.8 Å². The third kappa shape index (κ3) is 3.03. The molecule has 0 aromatic heterocycles. The predicted octanol–water partition coefficient (Wildman–Crippen LogP) is 2.70. The van der Waals surface area contributed by atoms with E-state index in [-0.39, 0.29) is 23.1 Å². The molecule has 0 aliphatic heterocycles. The molecule has 0 atom stereocenters. The smallest absolute Gasteiger partial charge is 0.251 e. The molecular weight excluding hydrogens is 266 g/mol. The van der Waals surface area contributed by atoms with Gasteiger partial charge in [-0.1, -0.05) is 0 Å². The third-order valence-electron chi connectivity index (χ3n) is 2.56. The summed E-state index contributed by atoms with van der Waals surface area (Å²) in [5.41, 5.74) is 6.30. The molecule has 0 radical (unpaired) electrons. The summed E-state index contributed by atoms with van der Waals surface area (Å²) in [6, 6.07) is 7.20. The molecule has 0 bridgehead atoms. The molecule has 0 saturated carbocycles. The van der Waals surface area contributed by atoms with Gasteiger partial charge < -0.3 is 15.8 Å². The van der Waals surface area contributed by atoms with E-state index in [1.165, 1.54) is 25.2 Å². The van der Waals surface area contributed by atoms with Crippen LogP contribution in [-0.4, -0.2) is 13.0 Å².